The lowest BCUT2D eigenvalue weighted by Crippen LogP contribution is -2.34. The zero-order valence-corrected chi connectivity index (χ0v) is 16.2. The number of carbonyl (C=O) groups excluding carboxylic acids is 2. The maximum atomic E-state index is 12.6. The van der Waals surface area contributed by atoms with Gasteiger partial charge in [0, 0.05) is 36.3 Å². The SMILES string of the molecule is O=C(NCCNC(=O)c1ccc(NC2CC2)c([N+](=O)[O-])c1)c1ccc(C(F)(F)F)cc1. The number of hydrogen-bond acceptors (Lipinski definition) is 5. The molecule has 0 saturated heterocycles. The lowest BCUT2D eigenvalue weighted by Gasteiger charge is -2.10. The molecule has 31 heavy (non-hydrogen) atoms. The van der Waals surface area contributed by atoms with Gasteiger partial charge in [0.25, 0.3) is 17.5 Å². The van der Waals surface area contributed by atoms with E-state index in [0.717, 1.165) is 37.1 Å². The average molecular weight is 436 g/mol. The standard InChI is InChI=1S/C20H19F3N4O4/c21-20(22,23)14-4-1-12(2-5-14)18(28)24-9-10-25-19(29)13-3-8-16(26-15-6-7-15)17(11-13)27(30)31/h1-5,8,11,15,26H,6-7,9-10H2,(H,24,28)(H,25,29). The maximum absolute atomic E-state index is 12.6. The normalized spacial score (nSPS) is 13.4. The van der Waals surface area contributed by atoms with Crippen LogP contribution in [0.15, 0.2) is 42.5 Å². The summed E-state index contributed by atoms with van der Waals surface area (Å²) in [6, 6.07) is 8.09. The van der Waals surface area contributed by atoms with Crippen molar-refractivity contribution in [2.45, 2.75) is 25.1 Å². The van der Waals surface area contributed by atoms with Gasteiger partial charge >= 0.3 is 6.18 Å². The summed E-state index contributed by atoms with van der Waals surface area (Å²) in [7, 11) is 0. The Kier molecular flexibility index (Phi) is 6.42. The minimum absolute atomic E-state index is 0.0228. The van der Waals surface area contributed by atoms with E-state index in [-0.39, 0.29) is 35.9 Å². The van der Waals surface area contributed by atoms with Crippen LogP contribution in [0, 0.1) is 10.1 Å². The Morgan fingerprint density at radius 3 is 2.03 bits per heavy atom. The van der Waals surface area contributed by atoms with Crippen LogP contribution < -0.4 is 16.0 Å². The first-order valence-electron chi connectivity index (χ1n) is 9.44. The first-order chi connectivity index (χ1) is 14.6. The number of alkyl halides is 3. The third-order valence-electron chi connectivity index (χ3n) is 4.56. The van der Waals surface area contributed by atoms with E-state index in [1.807, 2.05) is 0 Å². The van der Waals surface area contributed by atoms with Gasteiger partial charge in [-0.1, -0.05) is 0 Å². The van der Waals surface area contributed by atoms with E-state index in [2.05, 4.69) is 16.0 Å². The molecular weight excluding hydrogens is 417 g/mol. The molecule has 3 N–H and O–H groups in total. The number of nitro benzene ring substituents is 1. The highest BCUT2D eigenvalue weighted by molar-refractivity contribution is 5.96. The van der Waals surface area contributed by atoms with Gasteiger partial charge in [0.05, 0.1) is 10.5 Å². The summed E-state index contributed by atoms with van der Waals surface area (Å²) in [5.74, 6) is -1.14. The molecule has 0 aromatic heterocycles. The van der Waals surface area contributed by atoms with Crippen LogP contribution in [-0.2, 0) is 6.18 Å². The minimum Gasteiger partial charge on any atom is -0.377 e. The Morgan fingerprint density at radius 1 is 0.968 bits per heavy atom. The fraction of sp³-hybridized carbons (Fsp3) is 0.300. The number of nitrogens with one attached hydrogen (secondary N) is 3. The van der Waals surface area contributed by atoms with Gasteiger partial charge in [0.1, 0.15) is 5.69 Å². The third kappa shape index (κ3) is 5.93. The third-order valence-corrected chi connectivity index (χ3v) is 4.56. The molecule has 0 aliphatic heterocycles. The molecule has 3 rings (SSSR count). The smallest absolute Gasteiger partial charge is 0.377 e. The van der Waals surface area contributed by atoms with Crippen molar-refractivity contribution in [3.8, 4) is 0 Å². The molecule has 2 amide bonds. The Labute approximate surface area is 175 Å². The van der Waals surface area contributed by atoms with E-state index >= 15 is 0 Å². The average Bonchev–Trinajstić information content (AvgIpc) is 3.54. The molecule has 0 spiro atoms. The molecule has 0 unspecified atom stereocenters. The molecule has 164 valence electrons. The second-order valence-corrected chi connectivity index (χ2v) is 6.99. The summed E-state index contributed by atoms with van der Waals surface area (Å²) in [6.07, 6.45) is -2.60. The van der Waals surface area contributed by atoms with Crippen molar-refractivity contribution in [3.63, 3.8) is 0 Å². The highest BCUT2D eigenvalue weighted by Crippen LogP contribution is 2.31. The summed E-state index contributed by atoms with van der Waals surface area (Å²) < 4.78 is 37.7. The van der Waals surface area contributed by atoms with Gasteiger partial charge in [-0.05, 0) is 49.2 Å². The van der Waals surface area contributed by atoms with Crippen LogP contribution in [-0.4, -0.2) is 35.9 Å². The predicted octanol–water partition coefficient (Wildman–Crippen LogP) is 3.35. The molecule has 0 radical (unpaired) electrons. The van der Waals surface area contributed by atoms with Gasteiger partial charge in [-0.3, -0.25) is 19.7 Å². The van der Waals surface area contributed by atoms with E-state index in [9.17, 15) is 32.9 Å². The molecule has 0 heterocycles. The van der Waals surface area contributed by atoms with Crippen LogP contribution in [0.25, 0.3) is 0 Å². The molecule has 0 atom stereocenters. The van der Waals surface area contributed by atoms with Crippen molar-refractivity contribution in [2.24, 2.45) is 0 Å². The van der Waals surface area contributed by atoms with Gasteiger partial charge in [-0.2, -0.15) is 13.2 Å². The highest BCUT2D eigenvalue weighted by atomic mass is 19.4. The summed E-state index contributed by atoms with van der Waals surface area (Å²) >= 11 is 0. The van der Waals surface area contributed by atoms with Gasteiger partial charge < -0.3 is 16.0 Å². The van der Waals surface area contributed by atoms with E-state index in [0.29, 0.717) is 5.69 Å². The molecule has 1 aliphatic rings. The number of anilines is 1. The number of carbonyl (C=O) groups is 2. The molecule has 2 aromatic rings. The van der Waals surface area contributed by atoms with Gasteiger partial charge in [0.2, 0.25) is 0 Å². The van der Waals surface area contributed by atoms with E-state index in [4.69, 9.17) is 0 Å². The Morgan fingerprint density at radius 2 is 1.52 bits per heavy atom. The zero-order valence-electron chi connectivity index (χ0n) is 16.2. The van der Waals surface area contributed by atoms with Gasteiger partial charge in [-0.15, -0.1) is 0 Å². The lowest BCUT2D eigenvalue weighted by atomic mass is 10.1. The van der Waals surface area contributed by atoms with Crippen molar-refractivity contribution < 1.29 is 27.7 Å². The quantitative estimate of drug-likeness (QED) is 0.334. The molecule has 11 heteroatoms. The molecule has 8 nitrogen and oxygen atoms in total. The number of hydrogen-bond donors (Lipinski definition) is 3. The van der Waals surface area contributed by atoms with Crippen LogP contribution in [0.5, 0.6) is 0 Å². The number of nitrogens with zero attached hydrogens (tertiary/aromatic N) is 1. The number of amides is 2. The van der Waals surface area contributed by atoms with Crippen LogP contribution in [0.1, 0.15) is 39.1 Å². The summed E-state index contributed by atoms with van der Waals surface area (Å²) in [5, 5.41) is 19.3. The van der Waals surface area contributed by atoms with Crippen LogP contribution in [0.2, 0.25) is 0 Å². The Bertz CT molecular complexity index is 989. The van der Waals surface area contributed by atoms with Crippen molar-refractivity contribution in [1.29, 1.82) is 0 Å². The summed E-state index contributed by atoms with van der Waals surface area (Å²) in [4.78, 5) is 34.9. The minimum atomic E-state index is -4.49. The monoisotopic (exact) mass is 436 g/mol. The van der Waals surface area contributed by atoms with Crippen LogP contribution in [0.4, 0.5) is 24.5 Å². The summed E-state index contributed by atoms with van der Waals surface area (Å²) in [5.41, 5.74) is -0.553. The van der Waals surface area contributed by atoms with Crippen molar-refractivity contribution in [3.05, 3.63) is 69.3 Å². The van der Waals surface area contributed by atoms with Gasteiger partial charge in [0.15, 0.2) is 0 Å². The maximum Gasteiger partial charge on any atom is 0.416 e. The zero-order chi connectivity index (χ0) is 22.6. The van der Waals surface area contributed by atoms with Crippen molar-refractivity contribution >= 4 is 23.2 Å². The molecule has 2 aromatic carbocycles. The predicted molar refractivity (Wildman–Crippen MR) is 106 cm³/mol. The lowest BCUT2D eigenvalue weighted by molar-refractivity contribution is -0.384. The molecule has 1 saturated carbocycles. The van der Waals surface area contributed by atoms with E-state index < -0.39 is 28.5 Å². The van der Waals surface area contributed by atoms with E-state index in [1.165, 1.54) is 18.2 Å². The molecular formula is C20H19F3N4O4. The summed E-state index contributed by atoms with van der Waals surface area (Å²) in [6.45, 7) is 0.0517. The number of halogens is 3. The Balaban J connectivity index is 1.50. The fourth-order valence-electron chi connectivity index (χ4n) is 2.76. The first kappa shape index (κ1) is 22.1. The topological polar surface area (TPSA) is 113 Å². The first-order valence-corrected chi connectivity index (χ1v) is 9.44. The number of nitro groups is 1. The second-order valence-electron chi connectivity index (χ2n) is 6.99. The van der Waals surface area contributed by atoms with Crippen molar-refractivity contribution in [2.75, 3.05) is 18.4 Å². The molecule has 1 fully saturated rings. The molecule has 1 aliphatic carbocycles. The fourth-order valence-corrected chi connectivity index (χ4v) is 2.76. The largest absolute Gasteiger partial charge is 0.416 e. The van der Waals surface area contributed by atoms with Crippen LogP contribution >= 0.6 is 0 Å². The number of rotatable bonds is 8. The van der Waals surface area contributed by atoms with E-state index in [1.54, 1.807) is 0 Å². The number of benzene rings is 2. The van der Waals surface area contributed by atoms with Crippen molar-refractivity contribution in [1.82, 2.24) is 10.6 Å². The van der Waals surface area contributed by atoms with Crippen LogP contribution in [0.3, 0.4) is 0 Å². The molecule has 0 bridgehead atoms. The van der Waals surface area contributed by atoms with Gasteiger partial charge in [-0.25, -0.2) is 0 Å². The second kappa shape index (κ2) is 9.02. The Hall–Kier alpha value is -3.63. The highest BCUT2D eigenvalue weighted by Gasteiger charge is 2.30.